The van der Waals surface area contributed by atoms with Crippen molar-refractivity contribution in [3.05, 3.63) is 27.7 Å². The molecule has 0 atom stereocenters. The maximum atomic E-state index is 12.0. The van der Waals surface area contributed by atoms with Crippen molar-refractivity contribution in [2.24, 2.45) is 0 Å². The third-order valence-corrected chi connectivity index (χ3v) is 4.77. The van der Waals surface area contributed by atoms with Gasteiger partial charge in [0.05, 0.1) is 12.3 Å². The molecule has 1 aliphatic rings. The normalized spacial score (nSPS) is 16.4. The zero-order valence-electron chi connectivity index (χ0n) is 13.7. The summed E-state index contributed by atoms with van der Waals surface area (Å²) in [5.41, 5.74) is 0.891. The first-order valence-electron chi connectivity index (χ1n) is 8.41. The maximum absolute atomic E-state index is 12.0. The number of aromatic nitrogens is 1. The minimum absolute atomic E-state index is 0.158. The molecule has 2 N–H and O–H groups in total. The fourth-order valence-corrected chi connectivity index (χ4v) is 3.44. The number of nitrogens with zero attached hydrogens (tertiary/aromatic N) is 2. The number of hydrogen-bond donors (Lipinski definition) is 2. The van der Waals surface area contributed by atoms with E-state index in [4.69, 9.17) is 0 Å². The summed E-state index contributed by atoms with van der Waals surface area (Å²) < 4.78 is 2.04. The molecule has 1 heterocycles. The largest absolute Gasteiger partial charge is 0.503 e. The van der Waals surface area contributed by atoms with E-state index in [1.165, 1.54) is 12.5 Å². The molecule has 0 bridgehead atoms. The number of aliphatic hydroxyl groups is 1. The summed E-state index contributed by atoms with van der Waals surface area (Å²) in [6.07, 6.45) is 5.64. The van der Waals surface area contributed by atoms with Crippen LogP contribution in [0.4, 0.5) is 0 Å². The Labute approximate surface area is 132 Å². The molecule has 2 rings (SSSR count). The van der Waals surface area contributed by atoms with Gasteiger partial charge in [0, 0.05) is 24.3 Å². The summed E-state index contributed by atoms with van der Waals surface area (Å²) in [6.45, 7) is 6.23. The van der Waals surface area contributed by atoms with E-state index < -0.39 is 5.43 Å². The van der Waals surface area contributed by atoms with Crippen molar-refractivity contribution in [2.75, 3.05) is 13.1 Å². The zero-order chi connectivity index (χ0) is 16.1. The van der Waals surface area contributed by atoms with Gasteiger partial charge in [-0.25, -0.2) is 0 Å². The summed E-state index contributed by atoms with van der Waals surface area (Å²) in [5, 5.41) is 20.0. The van der Waals surface area contributed by atoms with Crippen molar-refractivity contribution in [1.82, 2.24) is 9.47 Å². The summed E-state index contributed by atoms with van der Waals surface area (Å²) in [4.78, 5) is 14.2. The van der Waals surface area contributed by atoms with Crippen LogP contribution < -0.4 is 5.43 Å². The molecule has 0 amide bonds. The average Bonchev–Trinajstić information content (AvgIpc) is 2.56. The van der Waals surface area contributed by atoms with Crippen LogP contribution in [0.25, 0.3) is 0 Å². The third-order valence-electron chi connectivity index (χ3n) is 4.77. The Morgan fingerprint density at radius 2 is 1.86 bits per heavy atom. The number of aromatic hydroxyl groups is 1. The highest BCUT2D eigenvalue weighted by Gasteiger charge is 2.23. The van der Waals surface area contributed by atoms with E-state index >= 15 is 0 Å². The first-order valence-corrected chi connectivity index (χ1v) is 8.41. The zero-order valence-corrected chi connectivity index (χ0v) is 13.7. The van der Waals surface area contributed by atoms with Crippen molar-refractivity contribution >= 4 is 0 Å². The fraction of sp³-hybridized carbons (Fsp3) is 0.706. The van der Waals surface area contributed by atoms with Crippen molar-refractivity contribution in [1.29, 1.82) is 0 Å². The molecule has 1 aromatic heterocycles. The van der Waals surface area contributed by atoms with Gasteiger partial charge in [0.2, 0.25) is 5.43 Å². The van der Waals surface area contributed by atoms with E-state index in [0.717, 1.165) is 38.8 Å². The highest BCUT2D eigenvalue weighted by molar-refractivity contribution is 5.31. The van der Waals surface area contributed by atoms with E-state index in [1.807, 2.05) is 4.57 Å². The summed E-state index contributed by atoms with van der Waals surface area (Å²) >= 11 is 0. The average molecular weight is 308 g/mol. The number of hydrogen-bond acceptors (Lipinski definition) is 4. The van der Waals surface area contributed by atoms with Gasteiger partial charge in [-0.15, -0.1) is 0 Å². The highest BCUT2D eigenvalue weighted by atomic mass is 16.3. The van der Waals surface area contributed by atoms with Gasteiger partial charge in [0.15, 0.2) is 5.75 Å². The van der Waals surface area contributed by atoms with Gasteiger partial charge < -0.3 is 14.8 Å². The molecule has 124 valence electrons. The van der Waals surface area contributed by atoms with E-state index in [0.29, 0.717) is 17.9 Å². The van der Waals surface area contributed by atoms with Crippen molar-refractivity contribution in [3.8, 4) is 5.75 Å². The quantitative estimate of drug-likeness (QED) is 0.847. The van der Waals surface area contributed by atoms with E-state index in [2.05, 4.69) is 18.7 Å². The Bertz CT molecular complexity index is 544. The molecule has 5 heteroatoms. The Balaban J connectivity index is 2.50. The smallest absolute Gasteiger partial charge is 0.223 e. The molecule has 1 saturated carbocycles. The Hall–Kier alpha value is -1.33. The monoisotopic (exact) mass is 308 g/mol. The summed E-state index contributed by atoms with van der Waals surface area (Å²) in [5.74, 6) is -0.158. The second kappa shape index (κ2) is 7.79. The molecule has 22 heavy (non-hydrogen) atoms. The second-order valence-corrected chi connectivity index (χ2v) is 6.08. The molecule has 0 saturated heterocycles. The Kier molecular flexibility index (Phi) is 6.03. The lowest BCUT2D eigenvalue weighted by Gasteiger charge is -2.31. The van der Waals surface area contributed by atoms with E-state index in [1.54, 1.807) is 0 Å². The van der Waals surface area contributed by atoms with Crippen molar-refractivity contribution < 1.29 is 10.2 Å². The van der Waals surface area contributed by atoms with Crippen LogP contribution in [0, 0.1) is 0 Å². The third kappa shape index (κ3) is 3.52. The standard InChI is InChI=1S/C17H28N2O3/c1-3-18(4-2)11-15-17(22)16(21)10-14(12-20)19(15)13-8-6-5-7-9-13/h10,13,20,22H,3-9,11-12H2,1-2H3. The molecule has 0 aliphatic heterocycles. The van der Waals surface area contributed by atoms with Crippen LogP contribution in [-0.4, -0.2) is 32.8 Å². The number of rotatable bonds is 6. The van der Waals surface area contributed by atoms with Gasteiger partial charge in [-0.1, -0.05) is 33.1 Å². The molecular weight excluding hydrogens is 280 g/mol. The molecule has 0 spiro atoms. The minimum Gasteiger partial charge on any atom is -0.503 e. The van der Waals surface area contributed by atoms with Crippen LogP contribution in [0.3, 0.4) is 0 Å². The van der Waals surface area contributed by atoms with Crippen LogP contribution in [0.2, 0.25) is 0 Å². The molecule has 1 fully saturated rings. The highest BCUT2D eigenvalue weighted by Crippen LogP contribution is 2.32. The lowest BCUT2D eigenvalue weighted by molar-refractivity contribution is 0.235. The van der Waals surface area contributed by atoms with Crippen LogP contribution in [0.1, 0.15) is 63.4 Å². The Morgan fingerprint density at radius 3 is 2.41 bits per heavy atom. The molecule has 0 radical (unpaired) electrons. The van der Waals surface area contributed by atoms with Gasteiger partial charge in [0.25, 0.3) is 0 Å². The Morgan fingerprint density at radius 1 is 1.23 bits per heavy atom. The molecule has 1 aliphatic carbocycles. The lowest BCUT2D eigenvalue weighted by atomic mass is 9.94. The molecule has 5 nitrogen and oxygen atoms in total. The van der Waals surface area contributed by atoms with Gasteiger partial charge in [-0.05, 0) is 25.9 Å². The minimum atomic E-state index is -0.390. The lowest BCUT2D eigenvalue weighted by Crippen LogP contribution is -2.29. The van der Waals surface area contributed by atoms with Gasteiger partial charge >= 0.3 is 0 Å². The van der Waals surface area contributed by atoms with Crippen LogP contribution >= 0.6 is 0 Å². The van der Waals surface area contributed by atoms with Gasteiger partial charge in [-0.2, -0.15) is 0 Å². The predicted octanol–water partition coefficient (Wildman–Crippen LogP) is 2.39. The molecule has 0 unspecified atom stereocenters. The van der Waals surface area contributed by atoms with Gasteiger partial charge in [0.1, 0.15) is 0 Å². The predicted molar refractivity (Wildman–Crippen MR) is 87.0 cm³/mol. The van der Waals surface area contributed by atoms with E-state index in [-0.39, 0.29) is 18.4 Å². The first kappa shape index (κ1) is 17.0. The van der Waals surface area contributed by atoms with Crippen LogP contribution in [0.15, 0.2) is 10.9 Å². The van der Waals surface area contributed by atoms with E-state index in [9.17, 15) is 15.0 Å². The second-order valence-electron chi connectivity index (χ2n) is 6.08. The van der Waals surface area contributed by atoms with Crippen LogP contribution in [-0.2, 0) is 13.2 Å². The number of pyridine rings is 1. The fourth-order valence-electron chi connectivity index (χ4n) is 3.44. The molecular formula is C17H28N2O3. The van der Waals surface area contributed by atoms with Crippen molar-refractivity contribution in [3.63, 3.8) is 0 Å². The number of aliphatic hydroxyl groups excluding tert-OH is 1. The molecule has 1 aromatic rings. The maximum Gasteiger partial charge on any atom is 0.223 e. The van der Waals surface area contributed by atoms with Crippen LogP contribution in [0.5, 0.6) is 5.75 Å². The summed E-state index contributed by atoms with van der Waals surface area (Å²) in [7, 11) is 0. The summed E-state index contributed by atoms with van der Waals surface area (Å²) in [6, 6.07) is 1.66. The topological polar surface area (TPSA) is 65.7 Å². The van der Waals surface area contributed by atoms with Gasteiger partial charge in [-0.3, -0.25) is 9.69 Å². The SMILES string of the molecule is CCN(CC)Cc1c(O)c(=O)cc(CO)n1C1CCCCC1. The first-order chi connectivity index (χ1) is 10.6. The van der Waals surface area contributed by atoms with Crippen molar-refractivity contribution in [2.45, 2.75) is 65.1 Å². The molecule has 0 aromatic carbocycles.